The van der Waals surface area contributed by atoms with Crippen LogP contribution in [0.3, 0.4) is 0 Å². The second-order valence-corrected chi connectivity index (χ2v) is 13.5. The molecule has 3 aliphatic rings. The van der Waals surface area contributed by atoms with E-state index in [0.717, 1.165) is 49.6 Å². The van der Waals surface area contributed by atoms with Crippen molar-refractivity contribution in [2.45, 2.75) is 36.1 Å². The van der Waals surface area contributed by atoms with Crippen LogP contribution in [0, 0.1) is 23.0 Å². The summed E-state index contributed by atoms with van der Waals surface area (Å²) >= 11 is 9.34. The van der Waals surface area contributed by atoms with E-state index in [1.807, 2.05) is 0 Å². The molecule has 5 heterocycles. The molecule has 2 bridgehead atoms. The average Bonchev–Trinajstić information content (AvgIpc) is 3.54. The van der Waals surface area contributed by atoms with E-state index in [1.165, 1.54) is 23.9 Å². The van der Waals surface area contributed by atoms with E-state index in [4.69, 9.17) is 32.0 Å². The number of thiophene rings is 1. The molecule has 0 aliphatic carbocycles. The highest BCUT2D eigenvalue weighted by molar-refractivity contribution is 7.99. The first-order valence-electron chi connectivity index (χ1n) is 13.9. The Morgan fingerprint density at radius 3 is 2.76 bits per heavy atom. The minimum atomic E-state index is -0.640. The predicted molar refractivity (Wildman–Crippen MR) is 165 cm³/mol. The zero-order chi connectivity index (χ0) is 29.1. The zero-order valence-corrected chi connectivity index (χ0v) is 25.2. The molecule has 7 rings (SSSR count). The molecular weight excluding hydrogens is 600 g/mol. The van der Waals surface area contributed by atoms with Gasteiger partial charge in [0.25, 0.3) is 0 Å². The van der Waals surface area contributed by atoms with Gasteiger partial charge in [-0.15, -0.1) is 11.3 Å². The van der Waals surface area contributed by atoms with Gasteiger partial charge in [-0.1, -0.05) is 29.4 Å². The van der Waals surface area contributed by atoms with Gasteiger partial charge in [-0.3, -0.25) is 0 Å². The Labute approximate surface area is 254 Å². The molecule has 0 spiro atoms. The van der Waals surface area contributed by atoms with Gasteiger partial charge in [0.15, 0.2) is 11.0 Å². The summed E-state index contributed by atoms with van der Waals surface area (Å²) in [5.41, 5.74) is 6.67. The molecule has 0 amide bonds. The van der Waals surface area contributed by atoms with Gasteiger partial charge >= 0.3 is 0 Å². The van der Waals surface area contributed by atoms with E-state index in [1.54, 1.807) is 6.07 Å². The van der Waals surface area contributed by atoms with Gasteiger partial charge in [0.05, 0.1) is 40.6 Å². The van der Waals surface area contributed by atoms with Gasteiger partial charge in [0.1, 0.15) is 28.2 Å². The van der Waals surface area contributed by atoms with Crippen LogP contribution in [0.2, 0.25) is 5.02 Å². The summed E-state index contributed by atoms with van der Waals surface area (Å²) in [6.45, 7) is 3.55. The maximum absolute atomic E-state index is 16.9. The van der Waals surface area contributed by atoms with Crippen LogP contribution in [0.1, 0.15) is 18.4 Å². The maximum atomic E-state index is 16.9. The standard InChI is InChI=1S/C29H28ClF2N7OS2/c1-38-6-2-3-14(38)13-41-29-36-25-18(28(37-29)39-15-9-35-10-16(39)12-40-11-15)7-20(30)23(24(25)32)17-4-5-21(31)26-22(17)19(8-33)27(34)42-26/h4-5,7,14-16,35H,2-3,6,9-13,34H2,1H3/t14-,15?,16?/m0/s1. The van der Waals surface area contributed by atoms with E-state index in [0.29, 0.717) is 41.2 Å². The van der Waals surface area contributed by atoms with Gasteiger partial charge in [-0.2, -0.15) is 5.26 Å². The maximum Gasteiger partial charge on any atom is 0.190 e. The molecule has 0 saturated carbocycles. The smallest absolute Gasteiger partial charge is 0.190 e. The highest BCUT2D eigenvalue weighted by atomic mass is 35.5. The molecule has 42 heavy (non-hydrogen) atoms. The molecule has 3 N–H and O–H groups in total. The van der Waals surface area contributed by atoms with Crippen molar-refractivity contribution in [3.05, 3.63) is 40.4 Å². The van der Waals surface area contributed by atoms with Crippen molar-refractivity contribution >= 4 is 66.5 Å². The van der Waals surface area contributed by atoms with Crippen LogP contribution in [0.4, 0.5) is 19.6 Å². The molecule has 13 heteroatoms. The van der Waals surface area contributed by atoms with Gasteiger partial charge in [0, 0.05) is 41.2 Å². The number of nitrogens with two attached hydrogens (primary N) is 1. The number of benzene rings is 2. The summed E-state index contributed by atoms with van der Waals surface area (Å²) in [4.78, 5) is 14.3. The summed E-state index contributed by atoms with van der Waals surface area (Å²) in [5.74, 6) is 0.256. The van der Waals surface area contributed by atoms with Gasteiger partial charge < -0.3 is 25.6 Å². The lowest BCUT2D eigenvalue weighted by atomic mass is 9.96. The molecule has 3 fully saturated rings. The number of hydrogen-bond acceptors (Lipinski definition) is 10. The van der Waals surface area contributed by atoms with Crippen LogP contribution in [0.15, 0.2) is 23.4 Å². The molecule has 3 aliphatic heterocycles. The molecule has 4 aromatic rings. The number of halogens is 3. The molecule has 3 saturated heterocycles. The molecule has 3 atom stereocenters. The number of rotatable bonds is 5. The molecule has 2 aromatic heterocycles. The fraction of sp³-hybridized carbons (Fsp3) is 0.414. The fourth-order valence-corrected chi connectivity index (χ4v) is 8.73. The number of likely N-dealkylation sites (tertiary alicyclic amines) is 1. The summed E-state index contributed by atoms with van der Waals surface area (Å²) in [6, 6.07) is 6.91. The Kier molecular flexibility index (Phi) is 7.37. The Balaban J connectivity index is 1.43. The number of ether oxygens (including phenoxy) is 1. The summed E-state index contributed by atoms with van der Waals surface area (Å²) in [5, 5.41) is 14.8. The van der Waals surface area contributed by atoms with E-state index < -0.39 is 11.6 Å². The molecule has 8 nitrogen and oxygen atoms in total. The average molecular weight is 628 g/mol. The number of morpholine rings is 1. The van der Waals surface area contributed by atoms with Crippen molar-refractivity contribution < 1.29 is 13.5 Å². The normalized spacial score (nSPS) is 22.7. The Bertz CT molecular complexity index is 1740. The van der Waals surface area contributed by atoms with Crippen molar-refractivity contribution in [3.63, 3.8) is 0 Å². The number of aromatic nitrogens is 2. The predicted octanol–water partition coefficient (Wildman–Crippen LogP) is 5.26. The zero-order valence-electron chi connectivity index (χ0n) is 22.8. The van der Waals surface area contributed by atoms with Gasteiger partial charge in [-0.05, 0) is 44.1 Å². The minimum Gasteiger partial charge on any atom is -0.389 e. The van der Waals surface area contributed by atoms with Gasteiger partial charge in [-0.25, -0.2) is 18.7 Å². The first-order chi connectivity index (χ1) is 20.4. The van der Waals surface area contributed by atoms with Crippen LogP contribution < -0.4 is 16.0 Å². The molecule has 218 valence electrons. The third kappa shape index (κ3) is 4.58. The van der Waals surface area contributed by atoms with Crippen molar-refractivity contribution in [1.29, 1.82) is 5.26 Å². The first-order valence-corrected chi connectivity index (χ1v) is 16.0. The lowest BCUT2D eigenvalue weighted by Crippen LogP contribution is -2.64. The third-order valence-corrected chi connectivity index (χ3v) is 10.8. The number of thioether (sulfide) groups is 1. The number of anilines is 2. The lowest BCUT2D eigenvalue weighted by Gasteiger charge is -2.47. The quantitative estimate of drug-likeness (QED) is 0.227. The van der Waals surface area contributed by atoms with Crippen molar-refractivity contribution in [2.75, 3.05) is 56.3 Å². The number of piperazine rings is 1. The number of fused-ring (bicyclic) bond motifs is 4. The summed E-state index contributed by atoms with van der Waals surface area (Å²) in [7, 11) is 2.12. The van der Waals surface area contributed by atoms with E-state index in [-0.39, 0.29) is 48.8 Å². The van der Waals surface area contributed by atoms with Gasteiger partial charge in [0.2, 0.25) is 0 Å². The number of nitrogen functional groups attached to an aromatic ring is 1. The Morgan fingerprint density at radius 2 is 2.05 bits per heavy atom. The molecule has 2 aromatic carbocycles. The minimum absolute atomic E-state index is 0.0274. The van der Waals surface area contributed by atoms with Crippen molar-refractivity contribution in [2.24, 2.45) is 0 Å². The van der Waals surface area contributed by atoms with E-state index in [2.05, 4.69) is 28.2 Å². The summed E-state index contributed by atoms with van der Waals surface area (Å²) < 4.78 is 37.7. The second-order valence-electron chi connectivity index (χ2n) is 11.0. The molecule has 0 radical (unpaired) electrons. The van der Waals surface area contributed by atoms with E-state index in [9.17, 15) is 9.65 Å². The first kappa shape index (κ1) is 28.0. The Morgan fingerprint density at radius 1 is 1.26 bits per heavy atom. The molecular formula is C29H28ClF2N7OS2. The SMILES string of the molecule is CN1CCC[C@H]1CSc1nc(N2C3CNCC2COC3)c2cc(Cl)c(-c3ccc(F)c4sc(N)c(C#N)c34)c(F)c2n1. The number of nitrogens with one attached hydrogen (secondary N) is 1. The van der Waals surface area contributed by atoms with Crippen LogP contribution in [0.5, 0.6) is 0 Å². The third-order valence-electron chi connectivity index (χ3n) is 8.53. The highest BCUT2D eigenvalue weighted by Crippen LogP contribution is 2.46. The van der Waals surface area contributed by atoms with E-state index >= 15 is 4.39 Å². The number of nitrogens with zero attached hydrogens (tertiary/aromatic N) is 5. The van der Waals surface area contributed by atoms with Crippen molar-refractivity contribution in [3.8, 4) is 17.2 Å². The number of hydrogen-bond donors (Lipinski definition) is 2. The highest BCUT2D eigenvalue weighted by Gasteiger charge is 2.37. The van der Waals surface area contributed by atoms with Crippen LogP contribution in [-0.4, -0.2) is 78.6 Å². The van der Waals surface area contributed by atoms with Crippen LogP contribution in [-0.2, 0) is 4.74 Å². The fourth-order valence-electron chi connectivity index (χ4n) is 6.41. The van der Waals surface area contributed by atoms with Crippen molar-refractivity contribution in [1.82, 2.24) is 20.2 Å². The summed E-state index contributed by atoms with van der Waals surface area (Å²) in [6.07, 6.45) is 2.25. The largest absolute Gasteiger partial charge is 0.389 e. The Hall–Kier alpha value is -2.79. The lowest BCUT2D eigenvalue weighted by molar-refractivity contribution is 0.0524. The van der Waals surface area contributed by atoms with Crippen LogP contribution >= 0.6 is 34.7 Å². The molecule has 2 unspecified atom stereocenters. The topological polar surface area (TPSA) is 103 Å². The monoisotopic (exact) mass is 627 g/mol. The number of nitriles is 1. The second kappa shape index (κ2) is 11.0. The van der Waals surface area contributed by atoms with Crippen LogP contribution in [0.25, 0.3) is 32.1 Å².